The van der Waals surface area contributed by atoms with Gasteiger partial charge in [-0.3, -0.25) is 0 Å². The maximum Gasteiger partial charge on any atom is 0.112 e. The SMILES string of the molecule is C[Si](C)(C)C(=S)NCCc1ccc(Cl)cc1. The number of nitrogens with one attached hydrogen (secondary N) is 1. The molecule has 0 spiro atoms. The molecule has 88 valence electrons. The summed E-state index contributed by atoms with van der Waals surface area (Å²) in [5, 5.41) is 4.13. The summed E-state index contributed by atoms with van der Waals surface area (Å²) >= 11 is 11.2. The van der Waals surface area contributed by atoms with Crippen LogP contribution in [0.1, 0.15) is 5.56 Å². The summed E-state index contributed by atoms with van der Waals surface area (Å²) < 4.78 is 1.06. The molecule has 1 aromatic rings. The first-order valence-corrected chi connectivity index (χ1v) is 9.71. The van der Waals surface area contributed by atoms with Gasteiger partial charge in [-0.25, -0.2) is 0 Å². The third kappa shape index (κ3) is 4.64. The van der Waals surface area contributed by atoms with Crippen molar-refractivity contribution in [1.29, 1.82) is 0 Å². The van der Waals surface area contributed by atoms with Crippen LogP contribution in [0.2, 0.25) is 24.7 Å². The Morgan fingerprint density at radius 3 is 2.31 bits per heavy atom. The molecule has 0 amide bonds. The lowest BCUT2D eigenvalue weighted by molar-refractivity contribution is 0.880. The van der Waals surface area contributed by atoms with Crippen LogP contribution in [0.4, 0.5) is 0 Å². The van der Waals surface area contributed by atoms with Crippen molar-refractivity contribution in [3.05, 3.63) is 34.9 Å². The molecular weight excluding hydrogens is 254 g/mol. The molecule has 0 aliphatic heterocycles. The number of benzene rings is 1. The molecule has 0 unspecified atom stereocenters. The van der Waals surface area contributed by atoms with Gasteiger partial charge < -0.3 is 5.32 Å². The van der Waals surface area contributed by atoms with Gasteiger partial charge in [-0.15, -0.1) is 0 Å². The lowest BCUT2D eigenvalue weighted by Crippen LogP contribution is -2.43. The van der Waals surface area contributed by atoms with E-state index in [4.69, 9.17) is 23.8 Å². The van der Waals surface area contributed by atoms with Crippen molar-refractivity contribution < 1.29 is 0 Å². The molecule has 1 nitrogen and oxygen atoms in total. The molecule has 16 heavy (non-hydrogen) atoms. The van der Waals surface area contributed by atoms with Gasteiger partial charge in [0.25, 0.3) is 0 Å². The first-order chi connectivity index (χ1) is 7.39. The molecule has 0 bridgehead atoms. The molecule has 0 saturated carbocycles. The second kappa shape index (κ2) is 5.80. The molecule has 0 aliphatic rings. The lowest BCUT2D eigenvalue weighted by Gasteiger charge is -2.19. The zero-order chi connectivity index (χ0) is 12.2. The van der Waals surface area contributed by atoms with E-state index in [9.17, 15) is 0 Å². The monoisotopic (exact) mass is 271 g/mol. The molecule has 0 aromatic heterocycles. The van der Waals surface area contributed by atoms with Crippen LogP contribution in [0.25, 0.3) is 0 Å². The second-order valence-corrected chi connectivity index (χ2v) is 11.1. The third-order valence-corrected chi connectivity index (χ3v) is 6.07. The zero-order valence-electron chi connectivity index (χ0n) is 10.0. The Balaban J connectivity index is 2.36. The second-order valence-electron chi connectivity index (χ2n) is 4.88. The summed E-state index contributed by atoms with van der Waals surface area (Å²) in [6, 6.07) is 7.96. The van der Waals surface area contributed by atoms with E-state index < -0.39 is 8.07 Å². The van der Waals surface area contributed by atoms with Gasteiger partial charge in [0.05, 0.1) is 4.61 Å². The minimum atomic E-state index is -1.31. The first-order valence-electron chi connectivity index (χ1n) is 5.42. The quantitative estimate of drug-likeness (QED) is 0.662. The van der Waals surface area contributed by atoms with Crippen molar-refractivity contribution in [3.63, 3.8) is 0 Å². The third-order valence-electron chi connectivity index (χ3n) is 2.29. The van der Waals surface area contributed by atoms with Gasteiger partial charge >= 0.3 is 0 Å². The Morgan fingerprint density at radius 2 is 1.81 bits per heavy atom. The van der Waals surface area contributed by atoms with Gasteiger partial charge in [-0.05, 0) is 24.1 Å². The van der Waals surface area contributed by atoms with Crippen LogP contribution in [-0.2, 0) is 6.42 Å². The van der Waals surface area contributed by atoms with E-state index in [1.165, 1.54) is 5.56 Å². The number of halogens is 1. The normalized spacial score (nSPS) is 11.2. The van der Waals surface area contributed by atoms with Crippen LogP contribution in [0.3, 0.4) is 0 Å². The number of hydrogen-bond acceptors (Lipinski definition) is 1. The molecule has 0 fully saturated rings. The highest BCUT2D eigenvalue weighted by molar-refractivity contribution is 7.84. The van der Waals surface area contributed by atoms with Crippen molar-refractivity contribution >= 4 is 36.5 Å². The lowest BCUT2D eigenvalue weighted by atomic mass is 10.1. The average Bonchev–Trinajstić information content (AvgIpc) is 2.19. The molecule has 0 saturated heterocycles. The smallest absolute Gasteiger partial charge is 0.112 e. The average molecular weight is 272 g/mol. The highest BCUT2D eigenvalue weighted by Gasteiger charge is 2.18. The predicted molar refractivity (Wildman–Crippen MR) is 79.1 cm³/mol. The fraction of sp³-hybridized carbons (Fsp3) is 0.417. The van der Waals surface area contributed by atoms with Crippen LogP contribution in [0, 0.1) is 0 Å². The van der Waals surface area contributed by atoms with E-state index in [1.807, 2.05) is 12.1 Å². The number of thiocarbonyl (C=S) groups is 1. The van der Waals surface area contributed by atoms with Crippen molar-refractivity contribution in [2.75, 3.05) is 6.54 Å². The topological polar surface area (TPSA) is 12.0 Å². The van der Waals surface area contributed by atoms with Gasteiger partial charge in [0.2, 0.25) is 0 Å². The van der Waals surface area contributed by atoms with Crippen molar-refractivity contribution in [2.45, 2.75) is 26.1 Å². The maximum absolute atomic E-state index is 5.83. The standard InChI is InChI=1S/C12H18ClNSSi/c1-16(2,3)12(15)14-9-8-10-4-6-11(13)7-5-10/h4-7H,8-9H2,1-3H3,(H,14,15). The first kappa shape index (κ1) is 13.7. The molecule has 1 aromatic carbocycles. The van der Waals surface area contributed by atoms with Crippen LogP contribution < -0.4 is 5.32 Å². The van der Waals surface area contributed by atoms with E-state index in [1.54, 1.807) is 0 Å². The summed E-state index contributed by atoms with van der Waals surface area (Å²) in [5.74, 6) is 0. The van der Waals surface area contributed by atoms with Gasteiger partial charge in [0, 0.05) is 11.6 Å². The summed E-state index contributed by atoms with van der Waals surface area (Å²) in [6.45, 7) is 7.67. The molecule has 0 aliphatic carbocycles. The fourth-order valence-corrected chi connectivity index (χ4v) is 2.12. The molecule has 0 radical (unpaired) electrons. The predicted octanol–water partition coefficient (Wildman–Crippen LogP) is 3.68. The molecule has 0 atom stereocenters. The highest BCUT2D eigenvalue weighted by atomic mass is 35.5. The van der Waals surface area contributed by atoms with E-state index in [-0.39, 0.29) is 0 Å². The van der Waals surface area contributed by atoms with E-state index in [2.05, 4.69) is 37.1 Å². The van der Waals surface area contributed by atoms with Gasteiger partial charge in [-0.1, -0.05) is 55.6 Å². The molecule has 1 rings (SSSR count). The summed E-state index contributed by atoms with van der Waals surface area (Å²) in [5.41, 5.74) is 1.29. The van der Waals surface area contributed by atoms with E-state index in [0.717, 1.165) is 22.6 Å². The van der Waals surface area contributed by atoms with Crippen molar-refractivity contribution in [3.8, 4) is 0 Å². The summed E-state index contributed by atoms with van der Waals surface area (Å²) in [4.78, 5) is 0. The highest BCUT2D eigenvalue weighted by Crippen LogP contribution is 2.09. The molecule has 0 heterocycles. The number of hydrogen-bond donors (Lipinski definition) is 1. The summed E-state index contributed by atoms with van der Waals surface area (Å²) in [7, 11) is -1.31. The van der Waals surface area contributed by atoms with Crippen LogP contribution in [0.5, 0.6) is 0 Å². The minimum Gasteiger partial charge on any atom is -0.383 e. The van der Waals surface area contributed by atoms with Gasteiger partial charge in [0.15, 0.2) is 0 Å². The van der Waals surface area contributed by atoms with E-state index >= 15 is 0 Å². The Bertz CT molecular complexity index is 356. The largest absolute Gasteiger partial charge is 0.383 e. The molecule has 1 N–H and O–H groups in total. The van der Waals surface area contributed by atoms with Gasteiger partial charge in [-0.2, -0.15) is 0 Å². The van der Waals surface area contributed by atoms with Crippen LogP contribution >= 0.6 is 23.8 Å². The van der Waals surface area contributed by atoms with Gasteiger partial charge in [0.1, 0.15) is 8.07 Å². The van der Waals surface area contributed by atoms with Crippen LogP contribution in [-0.4, -0.2) is 19.2 Å². The zero-order valence-corrected chi connectivity index (χ0v) is 12.6. The summed E-state index contributed by atoms with van der Waals surface area (Å²) in [6.07, 6.45) is 0.988. The Hall–Kier alpha value is -0.383. The van der Waals surface area contributed by atoms with Crippen LogP contribution in [0.15, 0.2) is 24.3 Å². The Morgan fingerprint density at radius 1 is 1.25 bits per heavy atom. The Kier molecular flexibility index (Phi) is 4.96. The fourth-order valence-electron chi connectivity index (χ4n) is 1.24. The Labute approximate surface area is 109 Å². The molecule has 4 heteroatoms. The maximum atomic E-state index is 5.83. The minimum absolute atomic E-state index is 0.786. The van der Waals surface area contributed by atoms with Crippen molar-refractivity contribution in [2.24, 2.45) is 0 Å². The van der Waals surface area contributed by atoms with Crippen molar-refractivity contribution in [1.82, 2.24) is 5.32 Å². The van der Waals surface area contributed by atoms with E-state index in [0.29, 0.717) is 0 Å². The number of rotatable bonds is 4. The molecular formula is C12H18ClNSSi.